The van der Waals surface area contributed by atoms with Crippen LogP contribution in [0.1, 0.15) is 0 Å². The van der Waals surface area contributed by atoms with Crippen molar-refractivity contribution < 1.29 is 19.5 Å². The van der Waals surface area contributed by atoms with Crippen LogP contribution in [0.5, 0.6) is 0 Å². The number of hydrogen-bond acceptors (Lipinski definition) is 0. The van der Waals surface area contributed by atoms with E-state index in [9.17, 15) is 0 Å². The van der Waals surface area contributed by atoms with Crippen molar-refractivity contribution >= 4 is 0 Å². The molecule has 2 aromatic heterocycles. The maximum atomic E-state index is 2.92. The number of hydrogen-bond donors (Lipinski definition) is 0. The maximum absolute atomic E-state index is 2.92. The third-order valence-electron chi connectivity index (χ3n) is 1.37. The van der Waals surface area contributed by atoms with Gasteiger partial charge in [-0.25, -0.2) is 0 Å². The van der Waals surface area contributed by atoms with Gasteiger partial charge in [-0.05, 0) is 14.1 Å². The van der Waals surface area contributed by atoms with E-state index in [4.69, 9.17) is 0 Å². The number of aryl methyl sites for hydroxylation is 2. The molecule has 0 N–H and O–H groups in total. The summed E-state index contributed by atoms with van der Waals surface area (Å²) < 4.78 is 3.75. The number of nitrogens with zero attached hydrogens (tertiary/aromatic N) is 2. The van der Waals surface area contributed by atoms with Gasteiger partial charge in [0.25, 0.3) is 0 Å². The molecule has 0 aromatic carbocycles. The van der Waals surface area contributed by atoms with Crippen LogP contribution in [0.15, 0.2) is 36.7 Å². The topological polar surface area (TPSA) is 9.86 Å². The second-order valence-corrected chi connectivity index (χ2v) is 2.50. The molecule has 3 heteroatoms. The SMILES string of the molecule is Cn1[c-]ccc1.Cn1[c-]ccc1.[Ru+2]. The van der Waals surface area contributed by atoms with Crippen LogP contribution < -0.4 is 0 Å². The van der Waals surface area contributed by atoms with Crippen molar-refractivity contribution in [2.24, 2.45) is 14.1 Å². The molecular weight excluding hydrogens is 249 g/mol. The summed E-state index contributed by atoms with van der Waals surface area (Å²) in [6, 6.07) is 7.64. The second kappa shape index (κ2) is 6.67. The van der Waals surface area contributed by atoms with Gasteiger partial charge in [-0.2, -0.15) is 24.3 Å². The Morgan fingerprint density at radius 1 is 0.846 bits per heavy atom. The standard InChI is InChI=1S/2C5H6N.Ru/c2*1-6-4-2-3-5-6;/h2*2-4H,1H3;/q2*-1;+2. The van der Waals surface area contributed by atoms with Crippen LogP contribution in [0.3, 0.4) is 0 Å². The Morgan fingerprint density at radius 3 is 1.31 bits per heavy atom. The smallest absolute Gasteiger partial charge is 0.473 e. The molecule has 0 aliphatic carbocycles. The first-order chi connectivity index (χ1) is 5.79. The molecular formula is C10H12N2Ru. The summed E-state index contributed by atoms with van der Waals surface area (Å²) in [5, 5.41) is 0. The van der Waals surface area contributed by atoms with E-state index in [-0.39, 0.29) is 19.5 Å². The number of aromatic nitrogens is 2. The van der Waals surface area contributed by atoms with Gasteiger partial charge in [0.05, 0.1) is 0 Å². The van der Waals surface area contributed by atoms with Crippen LogP contribution >= 0.6 is 0 Å². The third-order valence-corrected chi connectivity index (χ3v) is 1.37. The molecule has 2 aromatic rings. The van der Waals surface area contributed by atoms with E-state index in [0.717, 1.165) is 0 Å². The van der Waals surface area contributed by atoms with Crippen LogP contribution in [-0.4, -0.2) is 9.13 Å². The molecule has 0 aliphatic heterocycles. The fourth-order valence-corrected chi connectivity index (χ4v) is 0.752. The molecule has 2 heterocycles. The fourth-order valence-electron chi connectivity index (χ4n) is 0.752. The van der Waals surface area contributed by atoms with Gasteiger partial charge >= 0.3 is 19.5 Å². The molecule has 13 heavy (non-hydrogen) atoms. The molecule has 0 fully saturated rings. The van der Waals surface area contributed by atoms with Gasteiger partial charge in [0.1, 0.15) is 0 Å². The Balaban J connectivity index is 0.000000206. The van der Waals surface area contributed by atoms with Crippen LogP contribution in [0.25, 0.3) is 0 Å². The Labute approximate surface area is 91.9 Å². The first-order valence-electron chi connectivity index (χ1n) is 3.77. The fraction of sp³-hybridized carbons (Fsp3) is 0.200. The van der Waals surface area contributed by atoms with Crippen molar-refractivity contribution in [2.75, 3.05) is 0 Å². The predicted molar refractivity (Wildman–Crippen MR) is 48.5 cm³/mol. The summed E-state index contributed by atoms with van der Waals surface area (Å²) in [4.78, 5) is 0. The second-order valence-electron chi connectivity index (χ2n) is 2.50. The van der Waals surface area contributed by atoms with Crippen LogP contribution in [-0.2, 0) is 33.6 Å². The largest absolute Gasteiger partial charge is 2.00 e. The molecule has 0 amide bonds. The average molecular weight is 261 g/mol. The Kier molecular flexibility index (Phi) is 6.25. The zero-order valence-corrected chi connectivity index (χ0v) is 9.45. The van der Waals surface area contributed by atoms with Gasteiger partial charge in [-0.1, -0.05) is 0 Å². The van der Waals surface area contributed by atoms with E-state index in [2.05, 4.69) is 12.4 Å². The quantitative estimate of drug-likeness (QED) is 0.504. The number of rotatable bonds is 0. The van der Waals surface area contributed by atoms with E-state index in [1.54, 1.807) is 0 Å². The van der Waals surface area contributed by atoms with Crippen molar-refractivity contribution in [3.8, 4) is 0 Å². The summed E-state index contributed by atoms with van der Waals surface area (Å²) in [7, 11) is 3.89. The van der Waals surface area contributed by atoms with E-state index >= 15 is 0 Å². The monoisotopic (exact) mass is 262 g/mol. The van der Waals surface area contributed by atoms with Gasteiger partial charge in [0, 0.05) is 0 Å². The normalized spacial score (nSPS) is 8.15. The van der Waals surface area contributed by atoms with Crippen LogP contribution in [0.4, 0.5) is 0 Å². The van der Waals surface area contributed by atoms with Crippen molar-refractivity contribution in [3.63, 3.8) is 0 Å². The molecule has 0 unspecified atom stereocenters. The molecule has 0 atom stereocenters. The Bertz CT molecular complexity index is 252. The van der Waals surface area contributed by atoms with Gasteiger partial charge < -0.3 is 9.13 Å². The van der Waals surface area contributed by atoms with Crippen molar-refractivity contribution in [2.45, 2.75) is 0 Å². The molecule has 0 saturated heterocycles. The molecule has 0 saturated carbocycles. The van der Waals surface area contributed by atoms with E-state index in [1.165, 1.54) is 0 Å². The molecule has 70 valence electrons. The zero-order chi connectivity index (χ0) is 8.81. The summed E-state index contributed by atoms with van der Waals surface area (Å²) in [6.45, 7) is 0. The Hall–Kier alpha value is -0.817. The minimum Gasteiger partial charge on any atom is -0.473 e. The van der Waals surface area contributed by atoms with Gasteiger partial charge in [-0.15, -0.1) is 24.8 Å². The van der Waals surface area contributed by atoms with Crippen LogP contribution in [0.2, 0.25) is 0 Å². The average Bonchev–Trinajstić information content (AvgIpc) is 2.63. The minimum absolute atomic E-state index is 0. The first-order valence-corrected chi connectivity index (χ1v) is 3.77. The van der Waals surface area contributed by atoms with Gasteiger partial charge in [-0.3, -0.25) is 0 Å². The Morgan fingerprint density at radius 2 is 1.23 bits per heavy atom. The van der Waals surface area contributed by atoms with E-state index in [0.29, 0.717) is 0 Å². The summed E-state index contributed by atoms with van der Waals surface area (Å²) in [5.74, 6) is 0. The maximum Gasteiger partial charge on any atom is 2.00 e. The molecule has 0 aliphatic rings. The van der Waals surface area contributed by atoms with Crippen molar-refractivity contribution in [1.82, 2.24) is 9.13 Å². The molecule has 2 nitrogen and oxygen atoms in total. The molecule has 2 rings (SSSR count). The third kappa shape index (κ3) is 5.43. The van der Waals surface area contributed by atoms with Crippen LogP contribution in [0, 0.1) is 12.4 Å². The predicted octanol–water partition coefficient (Wildman–Crippen LogP) is 1.65. The molecule has 0 bridgehead atoms. The minimum atomic E-state index is 0. The van der Waals surface area contributed by atoms with Gasteiger partial charge in [0.15, 0.2) is 0 Å². The van der Waals surface area contributed by atoms with E-state index < -0.39 is 0 Å². The summed E-state index contributed by atoms with van der Waals surface area (Å²) >= 11 is 0. The first kappa shape index (κ1) is 12.2. The summed E-state index contributed by atoms with van der Waals surface area (Å²) in [5.41, 5.74) is 0. The van der Waals surface area contributed by atoms with Crippen molar-refractivity contribution in [3.05, 3.63) is 49.1 Å². The summed E-state index contributed by atoms with van der Waals surface area (Å²) in [6.07, 6.45) is 9.72. The molecule has 0 radical (unpaired) electrons. The van der Waals surface area contributed by atoms with Crippen molar-refractivity contribution in [1.29, 1.82) is 0 Å². The van der Waals surface area contributed by atoms with Gasteiger partial charge in [0.2, 0.25) is 0 Å². The molecule has 0 spiro atoms. The zero-order valence-electron chi connectivity index (χ0n) is 7.71. The van der Waals surface area contributed by atoms with E-state index in [1.807, 2.05) is 59.9 Å².